The highest BCUT2D eigenvalue weighted by Crippen LogP contribution is 2.58. The molecule has 0 aromatic heterocycles. The lowest BCUT2D eigenvalue weighted by Gasteiger charge is -2.28. The van der Waals surface area contributed by atoms with Crippen molar-refractivity contribution in [3.05, 3.63) is 22.3 Å². The molecule has 0 heterocycles. The molecule has 0 aliphatic heterocycles. The second kappa shape index (κ2) is 2.87. The van der Waals surface area contributed by atoms with Gasteiger partial charge in [-0.3, -0.25) is 9.59 Å². The van der Waals surface area contributed by atoms with Crippen LogP contribution in [0.3, 0.4) is 0 Å². The maximum atomic E-state index is 12.7. The Morgan fingerprint density at radius 1 is 0.556 bits per heavy atom. The van der Waals surface area contributed by atoms with Gasteiger partial charge in [0.15, 0.2) is 11.6 Å². The standard InChI is InChI=1S/C16H16O2/c17-15-11-7-1-2-8(5-7)12(11)16(18)14-10-4-3-9(6-10)13(14)15/h7-10H,1-6H2/t7-,8+,9-,10+. The lowest BCUT2D eigenvalue weighted by atomic mass is 9.73. The predicted octanol–water partition coefficient (Wildman–Crippen LogP) is 2.59. The Bertz CT molecular complexity index is 482. The molecule has 2 saturated carbocycles. The molecule has 0 saturated heterocycles. The molecular formula is C16H16O2. The third-order valence-electron chi connectivity index (χ3n) is 6.06. The maximum absolute atomic E-state index is 12.7. The minimum atomic E-state index is 0.291. The third kappa shape index (κ3) is 0.877. The SMILES string of the molecule is O=C1C2=C(C(=O)C3=C1[C@@H]1CC[C@H]3C1)[C@H]1CC[C@@H]2C1. The van der Waals surface area contributed by atoms with E-state index in [9.17, 15) is 9.59 Å². The number of ketones is 2. The van der Waals surface area contributed by atoms with Crippen molar-refractivity contribution in [2.45, 2.75) is 38.5 Å². The fourth-order valence-corrected chi connectivity index (χ4v) is 5.41. The van der Waals surface area contributed by atoms with Gasteiger partial charge in [-0.15, -0.1) is 0 Å². The Balaban J connectivity index is 1.73. The molecule has 4 atom stereocenters. The predicted molar refractivity (Wildman–Crippen MR) is 65.7 cm³/mol. The number of carbonyl (C=O) groups is 2. The molecule has 2 fully saturated rings. The van der Waals surface area contributed by atoms with Crippen molar-refractivity contribution >= 4 is 11.6 Å². The van der Waals surface area contributed by atoms with Crippen molar-refractivity contribution in [3.8, 4) is 0 Å². The summed E-state index contributed by atoms with van der Waals surface area (Å²) in [6, 6.07) is 0. The van der Waals surface area contributed by atoms with Gasteiger partial charge in [0, 0.05) is 22.3 Å². The average Bonchev–Trinajstić information content (AvgIpc) is 3.10. The molecule has 92 valence electrons. The zero-order valence-corrected chi connectivity index (χ0v) is 10.4. The Morgan fingerprint density at radius 3 is 1.11 bits per heavy atom. The van der Waals surface area contributed by atoms with Crippen molar-refractivity contribution in [1.82, 2.24) is 0 Å². The molecule has 0 N–H and O–H groups in total. The van der Waals surface area contributed by atoms with E-state index in [1.807, 2.05) is 0 Å². The van der Waals surface area contributed by atoms with Crippen LogP contribution in [-0.4, -0.2) is 11.6 Å². The van der Waals surface area contributed by atoms with Gasteiger partial charge in [-0.1, -0.05) is 0 Å². The molecule has 0 aromatic rings. The summed E-state index contributed by atoms with van der Waals surface area (Å²) in [6.07, 6.45) is 6.72. The van der Waals surface area contributed by atoms with E-state index in [2.05, 4.69) is 0 Å². The van der Waals surface area contributed by atoms with Crippen LogP contribution >= 0.6 is 0 Å². The highest BCUT2D eigenvalue weighted by atomic mass is 16.1. The van der Waals surface area contributed by atoms with Crippen molar-refractivity contribution < 1.29 is 9.59 Å². The molecule has 18 heavy (non-hydrogen) atoms. The molecule has 2 heteroatoms. The number of Topliss-reactive ketones (excluding diaryl/α,β-unsaturated/α-hetero) is 2. The second-order valence-electron chi connectivity index (χ2n) is 6.73. The van der Waals surface area contributed by atoms with Crippen LogP contribution in [0.4, 0.5) is 0 Å². The number of allylic oxidation sites excluding steroid dienone is 4. The van der Waals surface area contributed by atoms with Gasteiger partial charge < -0.3 is 0 Å². The van der Waals surface area contributed by atoms with Gasteiger partial charge in [-0.25, -0.2) is 0 Å². The molecule has 0 unspecified atom stereocenters. The van der Waals surface area contributed by atoms with Crippen LogP contribution in [0.5, 0.6) is 0 Å². The smallest absolute Gasteiger partial charge is 0.186 e. The van der Waals surface area contributed by atoms with Crippen LogP contribution in [0.1, 0.15) is 38.5 Å². The van der Waals surface area contributed by atoms with E-state index in [0.717, 1.165) is 60.8 Å². The lowest BCUT2D eigenvalue weighted by molar-refractivity contribution is -0.117. The zero-order valence-electron chi connectivity index (χ0n) is 10.4. The van der Waals surface area contributed by atoms with Gasteiger partial charge in [-0.05, 0) is 62.2 Å². The second-order valence-corrected chi connectivity index (χ2v) is 6.73. The van der Waals surface area contributed by atoms with E-state index in [1.54, 1.807) is 0 Å². The summed E-state index contributed by atoms with van der Waals surface area (Å²) in [6.45, 7) is 0. The Morgan fingerprint density at radius 2 is 0.833 bits per heavy atom. The largest absolute Gasteiger partial charge is 0.289 e. The van der Waals surface area contributed by atoms with Gasteiger partial charge in [0.2, 0.25) is 0 Å². The fourth-order valence-electron chi connectivity index (χ4n) is 5.41. The summed E-state index contributed by atoms with van der Waals surface area (Å²) in [5.74, 6) is 2.28. The quantitative estimate of drug-likeness (QED) is 0.610. The van der Waals surface area contributed by atoms with Gasteiger partial charge in [-0.2, -0.15) is 0 Å². The lowest BCUT2D eigenvalue weighted by Crippen LogP contribution is -2.30. The van der Waals surface area contributed by atoms with Crippen LogP contribution in [0.2, 0.25) is 0 Å². The summed E-state index contributed by atoms with van der Waals surface area (Å²) in [5, 5.41) is 0. The number of fused-ring (bicyclic) bond motifs is 8. The normalized spacial score (nSPS) is 44.2. The third-order valence-corrected chi connectivity index (χ3v) is 6.06. The Hall–Kier alpha value is -1.18. The molecular weight excluding hydrogens is 224 g/mol. The van der Waals surface area contributed by atoms with Gasteiger partial charge in [0.1, 0.15) is 0 Å². The molecule has 0 amide bonds. The van der Waals surface area contributed by atoms with Crippen LogP contribution in [0.25, 0.3) is 0 Å². The maximum Gasteiger partial charge on any atom is 0.186 e. The number of hydrogen-bond donors (Lipinski definition) is 0. The van der Waals surface area contributed by atoms with E-state index < -0.39 is 0 Å². The monoisotopic (exact) mass is 240 g/mol. The molecule has 2 nitrogen and oxygen atoms in total. The molecule has 5 aliphatic rings. The summed E-state index contributed by atoms with van der Waals surface area (Å²) in [5.41, 5.74) is 3.84. The minimum absolute atomic E-state index is 0.291. The number of hydrogen-bond acceptors (Lipinski definition) is 2. The first-order chi connectivity index (χ1) is 8.75. The molecule has 0 radical (unpaired) electrons. The number of carbonyl (C=O) groups excluding carboxylic acids is 2. The first-order valence-corrected chi connectivity index (χ1v) is 7.33. The highest BCUT2D eigenvalue weighted by Gasteiger charge is 2.54. The van der Waals surface area contributed by atoms with Gasteiger partial charge >= 0.3 is 0 Å². The minimum Gasteiger partial charge on any atom is -0.289 e. The summed E-state index contributed by atoms with van der Waals surface area (Å²) >= 11 is 0. The average molecular weight is 240 g/mol. The van der Waals surface area contributed by atoms with E-state index in [4.69, 9.17) is 0 Å². The first-order valence-electron chi connectivity index (χ1n) is 7.33. The molecule has 5 rings (SSSR count). The number of rotatable bonds is 0. The molecule has 4 bridgehead atoms. The molecule has 0 aromatic carbocycles. The van der Waals surface area contributed by atoms with Crippen molar-refractivity contribution in [2.75, 3.05) is 0 Å². The van der Waals surface area contributed by atoms with E-state index in [1.165, 1.54) is 0 Å². The van der Waals surface area contributed by atoms with E-state index >= 15 is 0 Å². The summed E-state index contributed by atoms with van der Waals surface area (Å²) < 4.78 is 0. The highest BCUT2D eigenvalue weighted by molar-refractivity contribution is 6.27. The molecule has 5 aliphatic carbocycles. The summed E-state index contributed by atoms with van der Waals surface area (Å²) in [4.78, 5) is 25.5. The van der Waals surface area contributed by atoms with Crippen LogP contribution < -0.4 is 0 Å². The van der Waals surface area contributed by atoms with E-state index in [-0.39, 0.29) is 0 Å². The van der Waals surface area contributed by atoms with E-state index in [0.29, 0.717) is 35.2 Å². The van der Waals surface area contributed by atoms with Crippen molar-refractivity contribution in [3.63, 3.8) is 0 Å². The van der Waals surface area contributed by atoms with Crippen molar-refractivity contribution in [1.29, 1.82) is 0 Å². The fraction of sp³-hybridized carbons (Fsp3) is 0.625. The Kier molecular flexibility index (Phi) is 1.55. The van der Waals surface area contributed by atoms with Crippen LogP contribution in [0, 0.1) is 23.7 Å². The van der Waals surface area contributed by atoms with Crippen LogP contribution in [-0.2, 0) is 9.59 Å². The van der Waals surface area contributed by atoms with Crippen molar-refractivity contribution in [2.24, 2.45) is 23.7 Å². The topological polar surface area (TPSA) is 34.1 Å². The van der Waals surface area contributed by atoms with Crippen LogP contribution in [0.15, 0.2) is 22.3 Å². The zero-order chi connectivity index (χ0) is 12.0. The van der Waals surface area contributed by atoms with Gasteiger partial charge in [0.05, 0.1) is 0 Å². The summed E-state index contributed by atoms with van der Waals surface area (Å²) in [7, 11) is 0. The van der Waals surface area contributed by atoms with Gasteiger partial charge in [0.25, 0.3) is 0 Å². The first kappa shape index (κ1) is 9.71. The molecule has 0 spiro atoms. The Labute approximate surface area is 106 Å².